The lowest BCUT2D eigenvalue weighted by Gasteiger charge is -2.58. The maximum Gasteiger partial charge on any atom is 0.0815 e. The van der Waals surface area contributed by atoms with Gasteiger partial charge in [-0.2, -0.15) is 0 Å². The summed E-state index contributed by atoms with van der Waals surface area (Å²) in [5.41, 5.74) is -0.222. The molecule has 3 aliphatic rings. The van der Waals surface area contributed by atoms with Crippen molar-refractivity contribution < 1.29 is 14.6 Å². The molecule has 2 N–H and O–H groups in total. The zero-order valence-electron chi connectivity index (χ0n) is 13.4. The number of rotatable bonds is 5. The molecule has 1 saturated heterocycles. The van der Waals surface area contributed by atoms with Crippen LogP contribution in [0.1, 0.15) is 58.3 Å². The second kappa shape index (κ2) is 6.53. The average molecular weight is 297 g/mol. The maximum atomic E-state index is 10.6. The van der Waals surface area contributed by atoms with Crippen molar-refractivity contribution in [3.8, 4) is 0 Å². The predicted octanol–water partition coefficient (Wildman–Crippen LogP) is 2.25. The Morgan fingerprint density at radius 1 is 1.14 bits per heavy atom. The fourth-order valence-corrected chi connectivity index (χ4v) is 4.59. The van der Waals surface area contributed by atoms with Crippen LogP contribution < -0.4 is 5.32 Å². The van der Waals surface area contributed by atoms with Crippen LogP contribution in [0.2, 0.25) is 0 Å². The van der Waals surface area contributed by atoms with Gasteiger partial charge in [-0.25, -0.2) is 0 Å². The van der Waals surface area contributed by atoms with E-state index in [-0.39, 0.29) is 0 Å². The first-order chi connectivity index (χ1) is 10.2. The normalized spacial score (nSPS) is 34.6. The molecule has 2 saturated carbocycles. The Morgan fingerprint density at radius 2 is 1.86 bits per heavy atom. The summed E-state index contributed by atoms with van der Waals surface area (Å²) in [5, 5.41) is 14.3. The maximum absolute atomic E-state index is 10.6. The van der Waals surface area contributed by atoms with Gasteiger partial charge in [0.2, 0.25) is 0 Å². The van der Waals surface area contributed by atoms with Crippen molar-refractivity contribution in [3.05, 3.63) is 0 Å². The first kappa shape index (κ1) is 15.7. The SMILES string of the molecule is CCOC1CC(NCC2(O)CCOCC2)C12CCCCC2. The van der Waals surface area contributed by atoms with E-state index in [1.165, 1.54) is 32.1 Å². The van der Waals surface area contributed by atoms with Gasteiger partial charge in [0.05, 0.1) is 11.7 Å². The molecule has 21 heavy (non-hydrogen) atoms. The Labute approximate surface area is 128 Å². The summed E-state index contributed by atoms with van der Waals surface area (Å²) < 4.78 is 11.4. The molecule has 4 heteroatoms. The number of hydrogen-bond donors (Lipinski definition) is 2. The van der Waals surface area contributed by atoms with Crippen molar-refractivity contribution in [1.82, 2.24) is 5.32 Å². The van der Waals surface area contributed by atoms with Gasteiger partial charge in [-0.05, 0) is 26.2 Å². The minimum Gasteiger partial charge on any atom is -0.388 e. The van der Waals surface area contributed by atoms with E-state index in [4.69, 9.17) is 9.47 Å². The Hall–Kier alpha value is -0.160. The topological polar surface area (TPSA) is 50.7 Å². The fourth-order valence-electron chi connectivity index (χ4n) is 4.59. The molecule has 4 nitrogen and oxygen atoms in total. The first-order valence-electron chi connectivity index (χ1n) is 8.84. The second-order valence-electron chi connectivity index (χ2n) is 7.24. The zero-order valence-corrected chi connectivity index (χ0v) is 13.4. The van der Waals surface area contributed by atoms with Crippen molar-refractivity contribution in [2.45, 2.75) is 76.0 Å². The predicted molar refractivity (Wildman–Crippen MR) is 82.3 cm³/mol. The van der Waals surface area contributed by atoms with Crippen LogP contribution in [0.3, 0.4) is 0 Å². The lowest BCUT2D eigenvalue weighted by atomic mass is 9.55. The van der Waals surface area contributed by atoms with Gasteiger partial charge >= 0.3 is 0 Å². The monoisotopic (exact) mass is 297 g/mol. The Kier molecular flexibility index (Phi) is 4.89. The third kappa shape index (κ3) is 3.14. The van der Waals surface area contributed by atoms with Crippen LogP contribution in [-0.4, -0.2) is 49.2 Å². The van der Waals surface area contributed by atoms with Crippen molar-refractivity contribution in [2.75, 3.05) is 26.4 Å². The molecule has 1 heterocycles. The lowest BCUT2D eigenvalue weighted by molar-refractivity contribution is -0.155. The molecule has 3 fully saturated rings. The van der Waals surface area contributed by atoms with Gasteiger partial charge in [0.1, 0.15) is 0 Å². The summed E-state index contributed by atoms with van der Waals surface area (Å²) in [6, 6.07) is 0.529. The molecule has 2 aliphatic carbocycles. The van der Waals surface area contributed by atoms with E-state index in [0.717, 1.165) is 25.9 Å². The quantitative estimate of drug-likeness (QED) is 0.817. The number of hydrogen-bond acceptors (Lipinski definition) is 4. The zero-order chi connectivity index (χ0) is 14.8. The average Bonchev–Trinajstić information content (AvgIpc) is 2.51. The Morgan fingerprint density at radius 3 is 2.52 bits per heavy atom. The molecule has 0 aromatic carbocycles. The minimum atomic E-state index is -0.565. The molecule has 3 rings (SSSR count). The third-order valence-electron chi connectivity index (χ3n) is 6.04. The van der Waals surface area contributed by atoms with Crippen LogP contribution in [0.15, 0.2) is 0 Å². The van der Waals surface area contributed by atoms with E-state index in [9.17, 15) is 5.11 Å². The van der Waals surface area contributed by atoms with Gasteiger partial charge in [-0.15, -0.1) is 0 Å². The summed E-state index contributed by atoms with van der Waals surface area (Å²) in [5.74, 6) is 0. The van der Waals surface area contributed by atoms with Crippen LogP contribution in [0.25, 0.3) is 0 Å². The van der Waals surface area contributed by atoms with Crippen LogP contribution >= 0.6 is 0 Å². The van der Waals surface area contributed by atoms with E-state index in [2.05, 4.69) is 12.2 Å². The number of nitrogens with one attached hydrogen (secondary N) is 1. The summed E-state index contributed by atoms with van der Waals surface area (Å²) >= 11 is 0. The Bertz CT molecular complexity index is 335. The molecular weight excluding hydrogens is 266 g/mol. The van der Waals surface area contributed by atoms with Crippen LogP contribution in [0.4, 0.5) is 0 Å². The minimum absolute atomic E-state index is 0.343. The van der Waals surface area contributed by atoms with Crippen molar-refractivity contribution in [2.24, 2.45) is 5.41 Å². The second-order valence-corrected chi connectivity index (χ2v) is 7.24. The highest BCUT2D eigenvalue weighted by molar-refractivity contribution is 5.09. The van der Waals surface area contributed by atoms with Crippen LogP contribution in [0, 0.1) is 5.41 Å². The highest BCUT2D eigenvalue weighted by atomic mass is 16.5. The molecule has 2 unspecified atom stereocenters. The smallest absolute Gasteiger partial charge is 0.0815 e. The van der Waals surface area contributed by atoms with Crippen molar-refractivity contribution in [3.63, 3.8) is 0 Å². The molecular formula is C17H31NO3. The van der Waals surface area contributed by atoms with Gasteiger partial charge in [0.15, 0.2) is 0 Å². The van der Waals surface area contributed by atoms with Gasteiger partial charge in [0.25, 0.3) is 0 Å². The third-order valence-corrected chi connectivity index (χ3v) is 6.04. The fraction of sp³-hybridized carbons (Fsp3) is 1.00. The van der Waals surface area contributed by atoms with E-state index >= 15 is 0 Å². The highest BCUT2D eigenvalue weighted by Crippen LogP contribution is 2.53. The molecule has 0 amide bonds. The summed E-state index contributed by atoms with van der Waals surface area (Å²) in [6.07, 6.45) is 9.68. The van der Waals surface area contributed by atoms with E-state index in [1.807, 2.05) is 0 Å². The van der Waals surface area contributed by atoms with E-state index in [0.29, 0.717) is 37.3 Å². The van der Waals surface area contributed by atoms with E-state index in [1.54, 1.807) is 0 Å². The molecule has 1 aliphatic heterocycles. The summed E-state index contributed by atoms with van der Waals surface area (Å²) in [6.45, 7) is 5.01. The molecule has 2 atom stereocenters. The molecule has 0 bridgehead atoms. The molecule has 122 valence electrons. The van der Waals surface area contributed by atoms with Gasteiger partial charge < -0.3 is 19.9 Å². The standard InChI is InChI=1S/C17H31NO3/c1-2-21-15-12-14(17(15)6-4-3-5-7-17)18-13-16(19)8-10-20-11-9-16/h14-15,18-19H,2-13H2,1H3. The molecule has 1 spiro atoms. The van der Waals surface area contributed by atoms with Crippen molar-refractivity contribution in [1.29, 1.82) is 0 Å². The van der Waals surface area contributed by atoms with Gasteiger partial charge in [-0.3, -0.25) is 0 Å². The largest absolute Gasteiger partial charge is 0.388 e. The first-order valence-corrected chi connectivity index (χ1v) is 8.84. The van der Waals surface area contributed by atoms with Crippen LogP contribution in [0.5, 0.6) is 0 Å². The summed E-state index contributed by atoms with van der Waals surface area (Å²) in [7, 11) is 0. The van der Waals surface area contributed by atoms with Gasteiger partial charge in [0, 0.05) is 50.7 Å². The molecule has 0 radical (unpaired) electrons. The molecule has 0 aromatic rings. The lowest BCUT2D eigenvalue weighted by Crippen LogP contribution is -2.66. The van der Waals surface area contributed by atoms with Crippen molar-refractivity contribution >= 4 is 0 Å². The summed E-state index contributed by atoms with van der Waals surface area (Å²) in [4.78, 5) is 0. The van der Waals surface area contributed by atoms with Gasteiger partial charge in [-0.1, -0.05) is 19.3 Å². The highest BCUT2D eigenvalue weighted by Gasteiger charge is 2.55. The number of ether oxygens (including phenoxy) is 2. The number of aliphatic hydroxyl groups is 1. The van der Waals surface area contributed by atoms with E-state index < -0.39 is 5.60 Å². The molecule has 0 aromatic heterocycles. The van der Waals surface area contributed by atoms with Crippen LogP contribution in [-0.2, 0) is 9.47 Å². The Balaban J connectivity index is 1.57.